The number of aliphatic hydroxyl groups is 1. The Balaban J connectivity index is 2.01. The van der Waals surface area contributed by atoms with Crippen molar-refractivity contribution in [1.29, 1.82) is 0 Å². The molecule has 0 saturated carbocycles. The molecular weight excluding hydrogens is 284 g/mol. The second kappa shape index (κ2) is 5.88. The van der Waals surface area contributed by atoms with Crippen LogP contribution in [0, 0.1) is 0 Å². The van der Waals surface area contributed by atoms with Crippen molar-refractivity contribution in [3.63, 3.8) is 0 Å². The third-order valence-corrected chi connectivity index (χ3v) is 2.76. The van der Waals surface area contributed by atoms with Crippen molar-refractivity contribution in [2.24, 2.45) is 0 Å². The molecule has 1 N–H and O–H groups in total. The van der Waals surface area contributed by atoms with Gasteiger partial charge in [-0.2, -0.15) is 4.80 Å². The number of aliphatic hydroxyl groups excluding tert-OH is 1. The second-order valence-electron chi connectivity index (χ2n) is 3.69. The number of benzene rings is 1. The average Bonchev–Trinajstić information content (AvgIpc) is 2.74. The van der Waals surface area contributed by atoms with E-state index in [-0.39, 0.29) is 6.61 Å². The van der Waals surface area contributed by atoms with E-state index in [1.165, 1.54) is 4.80 Å². The summed E-state index contributed by atoms with van der Waals surface area (Å²) in [7, 11) is 0. The maximum Gasteiger partial charge on any atom is 0.179 e. The van der Waals surface area contributed by atoms with Gasteiger partial charge >= 0.3 is 0 Å². The van der Waals surface area contributed by atoms with Crippen molar-refractivity contribution < 1.29 is 5.11 Å². The predicted molar refractivity (Wildman–Crippen MR) is 66.5 cm³/mol. The molecule has 6 heteroatoms. The van der Waals surface area contributed by atoms with Gasteiger partial charge in [-0.25, -0.2) is 0 Å². The smallest absolute Gasteiger partial charge is 0.179 e. The average molecular weight is 297 g/mol. The molecule has 90 valence electrons. The Morgan fingerprint density at radius 2 is 2.24 bits per heavy atom. The van der Waals surface area contributed by atoms with Gasteiger partial charge in [-0.15, -0.1) is 10.2 Å². The van der Waals surface area contributed by atoms with Crippen LogP contribution >= 0.6 is 15.9 Å². The largest absolute Gasteiger partial charge is 0.396 e. The first-order valence-electron chi connectivity index (χ1n) is 5.40. The maximum absolute atomic E-state index is 8.71. The van der Waals surface area contributed by atoms with Crippen LogP contribution in [0.3, 0.4) is 0 Å². The summed E-state index contributed by atoms with van der Waals surface area (Å²) < 4.78 is 1.04. The SMILES string of the molecule is OCCCn1nnc(Cc2cccc(Br)c2)n1. The van der Waals surface area contributed by atoms with E-state index in [4.69, 9.17) is 5.11 Å². The van der Waals surface area contributed by atoms with Gasteiger partial charge in [0.15, 0.2) is 5.82 Å². The van der Waals surface area contributed by atoms with Crippen LogP contribution in [0.1, 0.15) is 17.8 Å². The highest BCUT2D eigenvalue weighted by atomic mass is 79.9. The molecule has 0 amide bonds. The molecule has 0 aliphatic rings. The lowest BCUT2D eigenvalue weighted by Crippen LogP contribution is -2.04. The zero-order chi connectivity index (χ0) is 12.1. The minimum Gasteiger partial charge on any atom is -0.396 e. The van der Waals surface area contributed by atoms with Gasteiger partial charge in [0.05, 0.1) is 6.54 Å². The highest BCUT2D eigenvalue weighted by Gasteiger charge is 2.04. The van der Waals surface area contributed by atoms with Crippen LogP contribution in [0.25, 0.3) is 0 Å². The van der Waals surface area contributed by atoms with Gasteiger partial charge in [-0.05, 0) is 29.3 Å². The minimum atomic E-state index is 0.141. The van der Waals surface area contributed by atoms with Crippen molar-refractivity contribution in [2.45, 2.75) is 19.4 Å². The highest BCUT2D eigenvalue weighted by molar-refractivity contribution is 9.10. The van der Waals surface area contributed by atoms with Crippen molar-refractivity contribution in [2.75, 3.05) is 6.61 Å². The lowest BCUT2D eigenvalue weighted by Gasteiger charge is -1.97. The number of aromatic nitrogens is 4. The van der Waals surface area contributed by atoms with Crippen LogP contribution in [-0.2, 0) is 13.0 Å². The Hall–Kier alpha value is -1.27. The Morgan fingerprint density at radius 1 is 1.35 bits per heavy atom. The van der Waals surface area contributed by atoms with E-state index in [0.717, 1.165) is 10.0 Å². The number of nitrogens with zero attached hydrogens (tertiary/aromatic N) is 4. The van der Waals surface area contributed by atoms with Gasteiger partial charge in [-0.3, -0.25) is 0 Å². The first kappa shape index (κ1) is 12.2. The summed E-state index contributed by atoms with van der Waals surface area (Å²) in [6.45, 7) is 0.741. The molecule has 2 aromatic rings. The Morgan fingerprint density at radius 3 is 3.00 bits per heavy atom. The first-order valence-corrected chi connectivity index (χ1v) is 6.19. The van der Waals surface area contributed by atoms with E-state index in [1.54, 1.807) is 0 Å². The third-order valence-electron chi connectivity index (χ3n) is 2.26. The van der Waals surface area contributed by atoms with E-state index in [2.05, 4.69) is 31.3 Å². The molecule has 1 aromatic carbocycles. The summed E-state index contributed by atoms with van der Waals surface area (Å²) in [4.78, 5) is 1.52. The Bertz CT molecular complexity index is 486. The molecule has 0 saturated heterocycles. The van der Waals surface area contributed by atoms with Gasteiger partial charge in [-0.1, -0.05) is 28.1 Å². The quantitative estimate of drug-likeness (QED) is 0.906. The summed E-state index contributed by atoms with van der Waals surface area (Å²) in [6.07, 6.45) is 1.31. The van der Waals surface area contributed by atoms with E-state index in [9.17, 15) is 0 Å². The normalized spacial score (nSPS) is 10.7. The Kier molecular flexibility index (Phi) is 4.22. The third kappa shape index (κ3) is 3.61. The van der Waals surface area contributed by atoms with Crippen molar-refractivity contribution >= 4 is 15.9 Å². The van der Waals surface area contributed by atoms with Crippen LogP contribution in [0.4, 0.5) is 0 Å². The van der Waals surface area contributed by atoms with Gasteiger partial charge in [0, 0.05) is 17.5 Å². The van der Waals surface area contributed by atoms with Crippen LogP contribution in [0.15, 0.2) is 28.7 Å². The van der Waals surface area contributed by atoms with Crippen molar-refractivity contribution in [3.05, 3.63) is 40.1 Å². The summed E-state index contributed by atoms with van der Waals surface area (Å²) >= 11 is 3.43. The monoisotopic (exact) mass is 296 g/mol. The lowest BCUT2D eigenvalue weighted by atomic mass is 10.1. The van der Waals surface area contributed by atoms with Gasteiger partial charge in [0.25, 0.3) is 0 Å². The highest BCUT2D eigenvalue weighted by Crippen LogP contribution is 2.13. The summed E-state index contributed by atoms with van der Waals surface area (Å²) in [5.74, 6) is 0.695. The van der Waals surface area contributed by atoms with E-state index in [0.29, 0.717) is 25.2 Å². The Labute approximate surface area is 108 Å². The molecule has 0 bridgehead atoms. The minimum absolute atomic E-state index is 0.141. The number of rotatable bonds is 5. The zero-order valence-corrected chi connectivity index (χ0v) is 10.8. The molecule has 0 atom stereocenters. The fraction of sp³-hybridized carbons (Fsp3) is 0.364. The molecule has 5 nitrogen and oxygen atoms in total. The molecule has 0 fully saturated rings. The number of hydrogen-bond donors (Lipinski definition) is 1. The topological polar surface area (TPSA) is 63.8 Å². The summed E-state index contributed by atoms with van der Waals surface area (Å²) in [6, 6.07) is 8.03. The standard InChI is InChI=1S/C11H13BrN4O/c12-10-4-1-3-9(7-10)8-11-13-15-16(14-11)5-2-6-17/h1,3-4,7,17H,2,5-6,8H2. The lowest BCUT2D eigenvalue weighted by molar-refractivity contribution is 0.272. The summed E-state index contributed by atoms with van der Waals surface area (Å²) in [5, 5.41) is 20.9. The van der Waals surface area contributed by atoms with Gasteiger partial charge in [0.2, 0.25) is 0 Å². The van der Waals surface area contributed by atoms with Crippen LogP contribution in [-0.4, -0.2) is 31.9 Å². The molecule has 2 rings (SSSR count). The van der Waals surface area contributed by atoms with Crippen LogP contribution < -0.4 is 0 Å². The molecule has 0 radical (unpaired) electrons. The molecule has 1 heterocycles. The van der Waals surface area contributed by atoms with Crippen LogP contribution in [0.2, 0.25) is 0 Å². The molecule has 0 unspecified atom stereocenters. The van der Waals surface area contributed by atoms with E-state index >= 15 is 0 Å². The van der Waals surface area contributed by atoms with Crippen LogP contribution in [0.5, 0.6) is 0 Å². The second-order valence-corrected chi connectivity index (χ2v) is 4.60. The van der Waals surface area contributed by atoms with Gasteiger partial charge in [0.1, 0.15) is 0 Å². The first-order chi connectivity index (χ1) is 8.28. The summed E-state index contributed by atoms with van der Waals surface area (Å²) in [5.41, 5.74) is 1.14. The zero-order valence-electron chi connectivity index (χ0n) is 9.25. The fourth-order valence-corrected chi connectivity index (χ4v) is 1.93. The van der Waals surface area contributed by atoms with Crippen molar-refractivity contribution in [3.8, 4) is 0 Å². The van der Waals surface area contributed by atoms with E-state index in [1.807, 2.05) is 24.3 Å². The number of hydrogen-bond acceptors (Lipinski definition) is 4. The molecule has 0 aliphatic carbocycles. The fourth-order valence-electron chi connectivity index (χ4n) is 1.48. The molecular formula is C11H13BrN4O. The number of aryl methyl sites for hydroxylation is 1. The molecule has 17 heavy (non-hydrogen) atoms. The number of tetrazole rings is 1. The van der Waals surface area contributed by atoms with Gasteiger partial charge < -0.3 is 5.11 Å². The molecule has 0 aliphatic heterocycles. The molecule has 0 spiro atoms. The maximum atomic E-state index is 8.71. The van der Waals surface area contributed by atoms with Crippen molar-refractivity contribution in [1.82, 2.24) is 20.2 Å². The van der Waals surface area contributed by atoms with E-state index < -0.39 is 0 Å². The molecule has 1 aromatic heterocycles. The predicted octanol–water partition coefficient (Wildman–Crippen LogP) is 1.41. The number of halogens is 1.